The molecule has 11 nitrogen and oxygen atoms in total. The van der Waals surface area contributed by atoms with Gasteiger partial charge in [0.15, 0.2) is 18.5 Å². The molecule has 6 unspecified atom stereocenters. The number of allylic oxidation sites excluding steroid dienone is 8. The molecule has 4 N–H and O–H groups in total. The van der Waals surface area contributed by atoms with Crippen LogP contribution in [-0.4, -0.2) is 88.4 Å². The third kappa shape index (κ3) is 31.9. The second-order valence-corrected chi connectivity index (χ2v) is 16.9. The zero-order valence-electron chi connectivity index (χ0n) is 38.9. The molecule has 0 aliphatic carbocycles. The van der Waals surface area contributed by atoms with Crippen molar-refractivity contribution < 1.29 is 53.8 Å². The van der Waals surface area contributed by atoms with E-state index in [0.29, 0.717) is 12.8 Å². The van der Waals surface area contributed by atoms with Crippen LogP contribution in [0, 0.1) is 0 Å². The highest BCUT2D eigenvalue weighted by molar-refractivity contribution is 5.73. The molecule has 1 fully saturated rings. The molecule has 1 aliphatic rings. The minimum Gasteiger partial charge on any atom is -0.479 e. The minimum atomic E-state index is -1.86. The Morgan fingerprint density at radius 2 is 0.952 bits per heavy atom. The number of carbonyl (C=O) groups is 3. The topological polar surface area (TPSA) is 169 Å². The van der Waals surface area contributed by atoms with E-state index in [1.807, 2.05) is 0 Å². The molecular formula is C51H88O11. The number of ether oxygens (including phenoxy) is 4. The summed E-state index contributed by atoms with van der Waals surface area (Å²) in [7, 11) is 0. The monoisotopic (exact) mass is 877 g/mol. The summed E-state index contributed by atoms with van der Waals surface area (Å²) < 4.78 is 21.8. The molecular weight excluding hydrogens is 789 g/mol. The standard InChI is InChI=1S/C51H88O11/c1-3-5-7-9-11-13-15-17-18-19-20-21-22-23-24-25-26-28-29-31-33-35-37-39-44(52)59-41-43(42-60-51-48(56)46(54)47(55)49(62-51)50(57)58)61-45(53)40-38-36-34-32-30-27-16-14-12-10-8-6-4-2/h5,7,11,13,17-18,20-21,43,46-49,51,54-56H,3-4,6,8-10,12,14-16,19,22-42H2,1-2H3,(H,57,58)/b7-5-,13-11-,18-17-,21-20-. The third-order valence-corrected chi connectivity index (χ3v) is 11.2. The number of rotatable bonds is 41. The van der Waals surface area contributed by atoms with Crippen molar-refractivity contribution in [1.29, 1.82) is 0 Å². The van der Waals surface area contributed by atoms with Gasteiger partial charge in [0, 0.05) is 12.8 Å². The van der Waals surface area contributed by atoms with Crippen molar-refractivity contribution in [3.63, 3.8) is 0 Å². The third-order valence-electron chi connectivity index (χ3n) is 11.2. The van der Waals surface area contributed by atoms with Crippen LogP contribution in [0.15, 0.2) is 48.6 Å². The Bertz CT molecular complexity index is 1210. The van der Waals surface area contributed by atoms with Crippen LogP contribution in [0.1, 0.15) is 206 Å². The number of aliphatic hydroxyl groups is 3. The highest BCUT2D eigenvalue weighted by Crippen LogP contribution is 2.23. The van der Waals surface area contributed by atoms with Crippen LogP contribution in [0.25, 0.3) is 0 Å². The van der Waals surface area contributed by atoms with Gasteiger partial charge in [-0.1, -0.05) is 191 Å². The van der Waals surface area contributed by atoms with Crippen molar-refractivity contribution in [2.45, 2.75) is 243 Å². The van der Waals surface area contributed by atoms with E-state index in [2.05, 4.69) is 62.5 Å². The van der Waals surface area contributed by atoms with E-state index in [0.717, 1.165) is 70.6 Å². The number of esters is 2. The second kappa shape index (κ2) is 40.9. The van der Waals surface area contributed by atoms with Gasteiger partial charge in [-0.2, -0.15) is 0 Å². The molecule has 0 bridgehead atoms. The fraction of sp³-hybridized carbons (Fsp3) is 0.784. The van der Waals surface area contributed by atoms with Gasteiger partial charge >= 0.3 is 17.9 Å². The number of carboxylic acid groups (broad SMARTS) is 1. The van der Waals surface area contributed by atoms with Crippen molar-refractivity contribution >= 4 is 17.9 Å². The number of carbonyl (C=O) groups excluding carboxylic acids is 2. The van der Waals surface area contributed by atoms with Crippen LogP contribution in [0.4, 0.5) is 0 Å². The summed E-state index contributed by atoms with van der Waals surface area (Å²) in [5.74, 6) is -2.44. The average molecular weight is 877 g/mol. The lowest BCUT2D eigenvalue weighted by Crippen LogP contribution is -2.60. The van der Waals surface area contributed by atoms with Gasteiger partial charge in [0.1, 0.15) is 24.9 Å². The molecule has 6 atom stereocenters. The molecule has 0 aromatic heterocycles. The molecule has 0 saturated carbocycles. The maximum atomic E-state index is 12.8. The van der Waals surface area contributed by atoms with Crippen LogP contribution in [0.2, 0.25) is 0 Å². The Balaban J connectivity index is 2.28. The van der Waals surface area contributed by atoms with Gasteiger partial charge in [-0.25, -0.2) is 4.79 Å². The first kappa shape index (κ1) is 57.2. The Morgan fingerprint density at radius 1 is 0.516 bits per heavy atom. The lowest BCUT2D eigenvalue weighted by Gasteiger charge is -2.38. The lowest BCUT2D eigenvalue weighted by atomic mass is 9.99. The quantitative estimate of drug-likeness (QED) is 0.0262. The normalized spacial score (nSPS) is 19.9. The van der Waals surface area contributed by atoms with Gasteiger partial charge in [0.2, 0.25) is 0 Å². The maximum absolute atomic E-state index is 12.8. The number of aliphatic hydroxyl groups excluding tert-OH is 3. The van der Waals surface area contributed by atoms with Crippen LogP contribution in [-0.2, 0) is 33.3 Å². The molecule has 0 aromatic carbocycles. The molecule has 0 spiro atoms. The van der Waals surface area contributed by atoms with Gasteiger partial charge in [0.05, 0.1) is 6.61 Å². The van der Waals surface area contributed by atoms with Crippen molar-refractivity contribution in [2.75, 3.05) is 13.2 Å². The van der Waals surface area contributed by atoms with Crippen molar-refractivity contribution in [2.24, 2.45) is 0 Å². The molecule has 1 rings (SSSR count). The average Bonchev–Trinajstić information content (AvgIpc) is 3.26. The molecule has 0 radical (unpaired) electrons. The summed E-state index contributed by atoms with van der Waals surface area (Å²) in [6.45, 7) is 3.71. The van der Waals surface area contributed by atoms with Gasteiger partial charge < -0.3 is 39.4 Å². The second-order valence-electron chi connectivity index (χ2n) is 16.9. The molecule has 358 valence electrons. The molecule has 0 aromatic rings. The summed E-state index contributed by atoms with van der Waals surface area (Å²) in [6, 6.07) is 0. The first-order valence-corrected chi connectivity index (χ1v) is 24.7. The van der Waals surface area contributed by atoms with E-state index < -0.39 is 54.7 Å². The number of aliphatic carboxylic acids is 1. The van der Waals surface area contributed by atoms with E-state index in [4.69, 9.17) is 18.9 Å². The van der Waals surface area contributed by atoms with Crippen LogP contribution in [0.5, 0.6) is 0 Å². The van der Waals surface area contributed by atoms with Crippen LogP contribution in [0.3, 0.4) is 0 Å². The lowest BCUT2D eigenvalue weighted by molar-refractivity contribution is -0.298. The number of carboxylic acids is 1. The first-order chi connectivity index (χ1) is 30.2. The SMILES string of the molecule is CC/C=C\C/C=C\C/C=C\C/C=C\CCCCCCCCCCCCC(=O)OCC(COC1OC(C(=O)O)C(O)C(O)C1O)OC(=O)CCCCCCCCCCCCCCC. The van der Waals surface area contributed by atoms with Crippen molar-refractivity contribution in [1.82, 2.24) is 0 Å². The molecule has 1 saturated heterocycles. The smallest absolute Gasteiger partial charge is 0.335 e. The molecule has 1 heterocycles. The van der Waals surface area contributed by atoms with Gasteiger partial charge in [-0.3, -0.25) is 9.59 Å². The minimum absolute atomic E-state index is 0.184. The van der Waals surface area contributed by atoms with E-state index in [1.54, 1.807) is 0 Å². The Hall–Kier alpha value is -2.83. The van der Waals surface area contributed by atoms with Gasteiger partial charge in [0.25, 0.3) is 0 Å². The predicted molar refractivity (Wildman–Crippen MR) is 248 cm³/mol. The van der Waals surface area contributed by atoms with Crippen LogP contribution < -0.4 is 0 Å². The number of unbranched alkanes of at least 4 members (excludes halogenated alkanes) is 22. The molecule has 11 heteroatoms. The van der Waals surface area contributed by atoms with Crippen molar-refractivity contribution in [3.05, 3.63) is 48.6 Å². The van der Waals surface area contributed by atoms with Gasteiger partial charge in [-0.15, -0.1) is 0 Å². The highest BCUT2D eigenvalue weighted by Gasteiger charge is 2.47. The zero-order valence-corrected chi connectivity index (χ0v) is 38.9. The Labute approximate surface area is 375 Å². The maximum Gasteiger partial charge on any atom is 0.335 e. The molecule has 62 heavy (non-hydrogen) atoms. The van der Waals surface area contributed by atoms with E-state index in [1.165, 1.54) is 96.3 Å². The first-order valence-electron chi connectivity index (χ1n) is 24.7. The number of hydrogen-bond acceptors (Lipinski definition) is 10. The Kier molecular flexibility index (Phi) is 37.7. The van der Waals surface area contributed by atoms with E-state index in [9.17, 15) is 34.8 Å². The van der Waals surface area contributed by atoms with E-state index >= 15 is 0 Å². The summed E-state index contributed by atoms with van der Waals surface area (Å²) in [6.07, 6.45) is 40.2. The summed E-state index contributed by atoms with van der Waals surface area (Å²) in [5, 5.41) is 39.9. The van der Waals surface area contributed by atoms with Gasteiger partial charge in [-0.05, 0) is 51.4 Å². The Morgan fingerprint density at radius 3 is 1.44 bits per heavy atom. The molecule has 0 amide bonds. The number of hydrogen-bond donors (Lipinski definition) is 4. The van der Waals surface area contributed by atoms with Crippen molar-refractivity contribution in [3.8, 4) is 0 Å². The predicted octanol–water partition coefficient (Wildman–Crippen LogP) is 11.3. The largest absolute Gasteiger partial charge is 0.479 e. The fourth-order valence-electron chi connectivity index (χ4n) is 7.34. The molecule has 1 aliphatic heterocycles. The zero-order chi connectivity index (χ0) is 45.3. The van der Waals surface area contributed by atoms with Crippen LogP contribution >= 0.6 is 0 Å². The highest BCUT2D eigenvalue weighted by atomic mass is 16.7. The summed E-state index contributed by atoms with van der Waals surface area (Å²) in [4.78, 5) is 36.9. The van der Waals surface area contributed by atoms with E-state index in [-0.39, 0.29) is 26.1 Å². The summed E-state index contributed by atoms with van der Waals surface area (Å²) in [5.41, 5.74) is 0. The summed E-state index contributed by atoms with van der Waals surface area (Å²) >= 11 is 0. The fourth-order valence-corrected chi connectivity index (χ4v) is 7.34.